The molecule has 3 aromatic rings. The van der Waals surface area contributed by atoms with E-state index in [1.165, 1.54) is 4.88 Å². The van der Waals surface area contributed by atoms with Gasteiger partial charge in [-0.25, -0.2) is 4.98 Å². The van der Waals surface area contributed by atoms with Gasteiger partial charge in [-0.15, -0.1) is 11.3 Å². The summed E-state index contributed by atoms with van der Waals surface area (Å²) in [6.45, 7) is 2.88. The van der Waals surface area contributed by atoms with Crippen LogP contribution in [0.3, 0.4) is 0 Å². The maximum Gasteiger partial charge on any atom is 0.137 e. The van der Waals surface area contributed by atoms with E-state index in [1.54, 1.807) is 11.3 Å². The topological polar surface area (TPSA) is 40.7 Å². The second-order valence-corrected chi connectivity index (χ2v) is 6.61. The van der Waals surface area contributed by atoms with Crippen molar-refractivity contribution in [3.8, 4) is 11.4 Å². The number of nitrogens with zero attached hydrogens (tertiary/aromatic N) is 1. The Morgan fingerprint density at radius 2 is 2.05 bits per heavy atom. The van der Waals surface area contributed by atoms with Crippen LogP contribution >= 0.6 is 22.9 Å². The number of rotatable bonds is 5. The molecule has 0 aliphatic rings. The van der Waals surface area contributed by atoms with Crippen LogP contribution in [0.4, 0.5) is 0 Å². The summed E-state index contributed by atoms with van der Waals surface area (Å²) in [6.07, 6.45) is 1.88. The number of hydrogen-bond donors (Lipinski definition) is 2. The average Bonchev–Trinajstić information content (AvgIpc) is 3.15. The minimum Gasteiger partial charge on any atom is -0.341 e. The summed E-state index contributed by atoms with van der Waals surface area (Å²) < 4.78 is 0.826. The number of thiophene rings is 1. The Bertz CT molecular complexity index is 705. The lowest BCUT2D eigenvalue weighted by molar-refractivity contribution is 0.577. The smallest absolute Gasteiger partial charge is 0.137 e. The number of aromatic nitrogens is 2. The van der Waals surface area contributed by atoms with E-state index in [9.17, 15) is 0 Å². The first-order valence-electron chi connectivity index (χ1n) is 6.80. The maximum atomic E-state index is 5.97. The highest BCUT2D eigenvalue weighted by Gasteiger charge is 2.09. The monoisotopic (exact) mass is 317 g/mol. The number of H-pyrrole nitrogens is 1. The molecule has 0 bridgehead atoms. The highest BCUT2D eigenvalue weighted by Crippen LogP contribution is 2.26. The van der Waals surface area contributed by atoms with E-state index in [0.29, 0.717) is 0 Å². The molecule has 3 rings (SSSR count). The molecule has 0 saturated heterocycles. The maximum absolute atomic E-state index is 5.97. The largest absolute Gasteiger partial charge is 0.341 e. The van der Waals surface area contributed by atoms with Gasteiger partial charge in [0.1, 0.15) is 5.82 Å². The Morgan fingerprint density at radius 1 is 1.24 bits per heavy atom. The molecule has 5 heteroatoms. The summed E-state index contributed by atoms with van der Waals surface area (Å²) in [6, 6.07) is 14.4. The molecule has 0 amide bonds. The van der Waals surface area contributed by atoms with E-state index in [0.717, 1.165) is 28.0 Å². The number of nitrogens with one attached hydrogen (secondary N) is 2. The molecule has 2 N–H and O–H groups in total. The van der Waals surface area contributed by atoms with Crippen LogP contribution < -0.4 is 5.32 Å². The van der Waals surface area contributed by atoms with Gasteiger partial charge in [-0.1, -0.05) is 41.9 Å². The third kappa shape index (κ3) is 3.53. The fourth-order valence-electron chi connectivity index (χ4n) is 2.12. The third-order valence-electron chi connectivity index (χ3n) is 3.30. The lowest BCUT2D eigenvalue weighted by atomic mass is 10.2. The molecule has 0 aliphatic heterocycles. The van der Waals surface area contributed by atoms with Gasteiger partial charge in [-0.3, -0.25) is 0 Å². The van der Waals surface area contributed by atoms with Crippen molar-refractivity contribution in [2.45, 2.75) is 19.5 Å². The van der Waals surface area contributed by atoms with Gasteiger partial charge in [0.15, 0.2) is 0 Å². The molecule has 0 saturated carbocycles. The number of halogens is 1. The van der Waals surface area contributed by atoms with E-state index in [1.807, 2.05) is 42.6 Å². The SMILES string of the molecule is C[C@H](NCc1cnc(-c2ccccc2)[nH]1)c1ccc(Cl)s1. The zero-order chi connectivity index (χ0) is 14.7. The summed E-state index contributed by atoms with van der Waals surface area (Å²) in [4.78, 5) is 9.01. The number of aromatic amines is 1. The van der Waals surface area contributed by atoms with Gasteiger partial charge in [0.25, 0.3) is 0 Å². The van der Waals surface area contributed by atoms with E-state index < -0.39 is 0 Å². The van der Waals surface area contributed by atoms with Crippen molar-refractivity contribution in [2.75, 3.05) is 0 Å². The second kappa shape index (κ2) is 6.43. The van der Waals surface area contributed by atoms with Crippen molar-refractivity contribution in [2.24, 2.45) is 0 Å². The molecule has 2 aromatic heterocycles. The van der Waals surface area contributed by atoms with Crippen molar-refractivity contribution < 1.29 is 0 Å². The quantitative estimate of drug-likeness (QED) is 0.719. The normalized spacial score (nSPS) is 12.5. The van der Waals surface area contributed by atoms with Gasteiger partial charge < -0.3 is 10.3 Å². The van der Waals surface area contributed by atoms with E-state index in [2.05, 4.69) is 28.3 Å². The summed E-state index contributed by atoms with van der Waals surface area (Å²) in [7, 11) is 0. The van der Waals surface area contributed by atoms with E-state index in [-0.39, 0.29) is 6.04 Å². The first kappa shape index (κ1) is 14.3. The van der Waals surface area contributed by atoms with Gasteiger partial charge >= 0.3 is 0 Å². The van der Waals surface area contributed by atoms with Gasteiger partial charge in [0.05, 0.1) is 4.34 Å². The van der Waals surface area contributed by atoms with Crippen molar-refractivity contribution in [3.63, 3.8) is 0 Å². The van der Waals surface area contributed by atoms with Crippen molar-refractivity contribution >= 4 is 22.9 Å². The zero-order valence-electron chi connectivity index (χ0n) is 11.6. The van der Waals surface area contributed by atoms with Crippen LogP contribution in [0.15, 0.2) is 48.7 Å². The molecular weight excluding hydrogens is 302 g/mol. The number of imidazole rings is 1. The standard InChI is InChI=1S/C16H16ClN3S/c1-11(14-7-8-15(17)21-14)18-9-13-10-19-16(20-13)12-5-3-2-4-6-12/h2-8,10-11,18H,9H2,1H3,(H,19,20)/t11-/m0/s1. The predicted molar refractivity (Wildman–Crippen MR) is 88.6 cm³/mol. The van der Waals surface area contributed by atoms with Crippen LogP contribution in [0.1, 0.15) is 23.5 Å². The van der Waals surface area contributed by atoms with Crippen LogP contribution in [0.2, 0.25) is 4.34 Å². The Balaban J connectivity index is 1.63. The lowest BCUT2D eigenvalue weighted by Gasteiger charge is -2.10. The lowest BCUT2D eigenvalue weighted by Crippen LogP contribution is -2.17. The number of hydrogen-bond acceptors (Lipinski definition) is 3. The van der Waals surface area contributed by atoms with Gasteiger partial charge in [0, 0.05) is 34.9 Å². The molecule has 0 spiro atoms. The molecule has 0 radical (unpaired) electrons. The summed E-state index contributed by atoms with van der Waals surface area (Å²) >= 11 is 7.58. The summed E-state index contributed by atoms with van der Waals surface area (Å²) in [5.74, 6) is 0.902. The molecule has 21 heavy (non-hydrogen) atoms. The van der Waals surface area contributed by atoms with Gasteiger partial charge in [-0.2, -0.15) is 0 Å². The van der Waals surface area contributed by atoms with E-state index >= 15 is 0 Å². The van der Waals surface area contributed by atoms with Gasteiger partial charge in [0.2, 0.25) is 0 Å². The van der Waals surface area contributed by atoms with Crippen molar-refractivity contribution in [1.29, 1.82) is 0 Å². The van der Waals surface area contributed by atoms with E-state index in [4.69, 9.17) is 11.6 Å². The molecule has 0 aliphatic carbocycles. The minimum absolute atomic E-state index is 0.269. The Hall–Kier alpha value is -1.62. The molecule has 1 atom stereocenters. The molecule has 2 heterocycles. The fraction of sp³-hybridized carbons (Fsp3) is 0.188. The molecule has 0 fully saturated rings. The van der Waals surface area contributed by atoms with Crippen molar-refractivity contribution in [3.05, 3.63) is 63.6 Å². The third-order valence-corrected chi connectivity index (χ3v) is 4.71. The van der Waals surface area contributed by atoms with Crippen molar-refractivity contribution in [1.82, 2.24) is 15.3 Å². The first-order chi connectivity index (χ1) is 10.2. The molecule has 108 valence electrons. The molecule has 3 nitrogen and oxygen atoms in total. The fourth-order valence-corrected chi connectivity index (χ4v) is 3.20. The van der Waals surface area contributed by atoms with Crippen LogP contribution in [0, 0.1) is 0 Å². The van der Waals surface area contributed by atoms with Crippen LogP contribution in [0.5, 0.6) is 0 Å². The molecule has 0 unspecified atom stereocenters. The zero-order valence-corrected chi connectivity index (χ0v) is 13.2. The van der Waals surface area contributed by atoms with Crippen LogP contribution in [0.25, 0.3) is 11.4 Å². The van der Waals surface area contributed by atoms with Crippen LogP contribution in [-0.4, -0.2) is 9.97 Å². The average molecular weight is 318 g/mol. The van der Waals surface area contributed by atoms with Gasteiger partial charge in [-0.05, 0) is 19.1 Å². The molecular formula is C16H16ClN3S. The second-order valence-electron chi connectivity index (χ2n) is 4.87. The first-order valence-corrected chi connectivity index (χ1v) is 8.00. The summed E-state index contributed by atoms with van der Waals surface area (Å²) in [5.41, 5.74) is 2.17. The van der Waals surface area contributed by atoms with Crippen LogP contribution in [-0.2, 0) is 6.54 Å². The Morgan fingerprint density at radius 3 is 2.76 bits per heavy atom. The predicted octanol–water partition coefficient (Wildman–Crippen LogP) is 4.64. The highest BCUT2D eigenvalue weighted by molar-refractivity contribution is 7.16. The Kier molecular flexibility index (Phi) is 4.39. The minimum atomic E-state index is 0.269. The summed E-state index contributed by atoms with van der Waals surface area (Å²) in [5, 5.41) is 3.47. The highest BCUT2D eigenvalue weighted by atomic mass is 35.5. The Labute approximate surface area is 133 Å². The number of benzene rings is 1. The molecule has 1 aromatic carbocycles.